The van der Waals surface area contributed by atoms with Gasteiger partial charge < -0.3 is 0 Å². The van der Waals surface area contributed by atoms with E-state index in [-0.39, 0.29) is 5.78 Å². The molecule has 0 aromatic rings. The van der Waals surface area contributed by atoms with E-state index in [1.54, 1.807) is 6.92 Å². The van der Waals surface area contributed by atoms with E-state index in [0.717, 1.165) is 18.4 Å². The van der Waals surface area contributed by atoms with Crippen molar-refractivity contribution in [2.24, 2.45) is 5.92 Å². The zero-order chi connectivity index (χ0) is 8.85. The Morgan fingerprint density at radius 3 is 2.45 bits per heavy atom. The van der Waals surface area contributed by atoms with Crippen LogP contribution in [0, 0.1) is 5.92 Å². The van der Waals surface area contributed by atoms with Gasteiger partial charge in [-0.15, -0.1) is 0 Å². The molecule has 0 aromatic heterocycles. The number of carbonyl (C=O) groups excluding carboxylic acids is 1. The van der Waals surface area contributed by atoms with Gasteiger partial charge in [0.2, 0.25) is 0 Å². The van der Waals surface area contributed by atoms with E-state index in [0.29, 0.717) is 12.3 Å². The predicted octanol–water partition coefficient (Wildman–Crippen LogP) is 2.96. The van der Waals surface area contributed by atoms with Gasteiger partial charge >= 0.3 is 0 Å². The van der Waals surface area contributed by atoms with Crippen LogP contribution in [0.1, 0.15) is 40.0 Å². The summed E-state index contributed by atoms with van der Waals surface area (Å²) in [5, 5.41) is 0. The van der Waals surface area contributed by atoms with Crippen LogP contribution in [0.15, 0.2) is 12.2 Å². The molecule has 64 valence electrons. The Hall–Kier alpha value is -0.590. The average Bonchev–Trinajstić information content (AvgIpc) is 1.85. The number of ketones is 1. The molecular formula is C10H18O. The number of allylic oxidation sites excluding steroid dienone is 1. The first kappa shape index (κ1) is 10.4. The minimum absolute atomic E-state index is 0.221. The Bertz CT molecular complexity index is 147. The van der Waals surface area contributed by atoms with Crippen molar-refractivity contribution in [2.45, 2.75) is 40.0 Å². The Labute approximate surface area is 69.5 Å². The maximum absolute atomic E-state index is 10.7. The summed E-state index contributed by atoms with van der Waals surface area (Å²) in [7, 11) is 0. The van der Waals surface area contributed by atoms with E-state index in [2.05, 4.69) is 20.4 Å². The lowest BCUT2D eigenvalue weighted by molar-refractivity contribution is -0.116. The minimum atomic E-state index is 0.221. The summed E-state index contributed by atoms with van der Waals surface area (Å²) < 4.78 is 0. The number of Topliss-reactive ketones (excluding diaryl/α,β-unsaturated/α-hetero) is 1. The first-order valence-electron chi connectivity index (χ1n) is 4.22. The average molecular weight is 154 g/mol. The molecule has 0 aliphatic carbocycles. The molecule has 0 saturated heterocycles. The second-order valence-corrected chi connectivity index (χ2v) is 3.35. The number of rotatable bonds is 5. The van der Waals surface area contributed by atoms with E-state index < -0.39 is 0 Å². The summed E-state index contributed by atoms with van der Waals surface area (Å²) in [6.07, 6.45) is 2.72. The lowest BCUT2D eigenvalue weighted by Gasteiger charge is -2.08. The number of hydrogen-bond acceptors (Lipinski definition) is 1. The standard InChI is InChI=1S/C10H18O/c1-5-8(2)6-9(3)7-10(4)11/h8H,3,5-7H2,1-2,4H3. The fourth-order valence-corrected chi connectivity index (χ4v) is 1.06. The van der Waals surface area contributed by atoms with Crippen molar-refractivity contribution in [2.75, 3.05) is 0 Å². The van der Waals surface area contributed by atoms with Crippen molar-refractivity contribution in [1.29, 1.82) is 0 Å². The van der Waals surface area contributed by atoms with Gasteiger partial charge in [0.05, 0.1) is 0 Å². The van der Waals surface area contributed by atoms with Gasteiger partial charge in [-0.25, -0.2) is 0 Å². The smallest absolute Gasteiger partial charge is 0.133 e. The SMILES string of the molecule is C=C(CC(C)=O)CC(C)CC. The third kappa shape index (κ3) is 5.84. The van der Waals surface area contributed by atoms with Gasteiger partial charge in [0.1, 0.15) is 5.78 Å². The zero-order valence-corrected chi connectivity index (χ0v) is 7.81. The fraction of sp³-hybridized carbons (Fsp3) is 0.700. The van der Waals surface area contributed by atoms with Crippen LogP contribution in [0.25, 0.3) is 0 Å². The molecule has 1 unspecified atom stereocenters. The van der Waals surface area contributed by atoms with Crippen molar-refractivity contribution in [1.82, 2.24) is 0 Å². The highest BCUT2D eigenvalue weighted by Crippen LogP contribution is 2.15. The Morgan fingerprint density at radius 2 is 2.09 bits per heavy atom. The van der Waals surface area contributed by atoms with Crippen LogP contribution in [0.2, 0.25) is 0 Å². The van der Waals surface area contributed by atoms with Gasteiger partial charge in [0.25, 0.3) is 0 Å². The Morgan fingerprint density at radius 1 is 1.55 bits per heavy atom. The molecule has 0 heterocycles. The maximum Gasteiger partial charge on any atom is 0.133 e. The quantitative estimate of drug-likeness (QED) is 0.556. The molecule has 0 amide bonds. The Balaban J connectivity index is 3.60. The molecule has 0 spiro atoms. The van der Waals surface area contributed by atoms with Crippen LogP contribution in [0.4, 0.5) is 0 Å². The molecular weight excluding hydrogens is 136 g/mol. The monoisotopic (exact) mass is 154 g/mol. The molecule has 0 rings (SSSR count). The fourth-order valence-electron chi connectivity index (χ4n) is 1.06. The maximum atomic E-state index is 10.7. The van der Waals surface area contributed by atoms with Gasteiger partial charge in [-0.1, -0.05) is 32.4 Å². The van der Waals surface area contributed by atoms with Gasteiger partial charge in [-0.05, 0) is 19.3 Å². The van der Waals surface area contributed by atoms with E-state index in [4.69, 9.17) is 0 Å². The van der Waals surface area contributed by atoms with Crippen molar-refractivity contribution < 1.29 is 4.79 Å². The highest BCUT2D eigenvalue weighted by molar-refractivity contribution is 5.77. The highest BCUT2D eigenvalue weighted by atomic mass is 16.1. The van der Waals surface area contributed by atoms with Crippen LogP contribution < -0.4 is 0 Å². The molecule has 0 aromatic carbocycles. The van der Waals surface area contributed by atoms with Crippen molar-refractivity contribution in [3.05, 3.63) is 12.2 Å². The van der Waals surface area contributed by atoms with Gasteiger partial charge in [0.15, 0.2) is 0 Å². The molecule has 0 fully saturated rings. The summed E-state index contributed by atoms with van der Waals surface area (Å²) in [4.78, 5) is 10.7. The lowest BCUT2D eigenvalue weighted by atomic mass is 9.97. The van der Waals surface area contributed by atoms with Crippen LogP contribution in [-0.2, 0) is 4.79 Å². The first-order valence-corrected chi connectivity index (χ1v) is 4.22. The second kappa shape index (κ2) is 5.11. The summed E-state index contributed by atoms with van der Waals surface area (Å²) in [6, 6.07) is 0. The van der Waals surface area contributed by atoms with E-state index >= 15 is 0 Å². The van der Waals surface area contributed by atoms with Gasteiger partial charge in [-0.3, -0.25) is 4.79 Å². The summed E-state index contributed by atoms with van der Waals surface area (Å²) >= 11 is 0. The van der Waals surface area contributed by atoms with Gasteiger partial charge in [-0.2, -0.15) is 0 Å². The molecule has 0 aliphatic rings. The summed E-state index contributed by atoms with van der Waals surface area (Å²) in [5.41, 5.74) is 1.08. The van der Waals surface area contributed by atoms with Crippen LogP contribution in [-0.4, -0.2) is 5.78 Å². The lowest BCUT2D eigenvalue weighted by Crippen LogP contribution is -1.98. The predicted molar refractivity (Wildman–Crippen MR) is 48.5 cm³/mol. The molecule has 0 saturated carbocycles. The number of carbonyl (C=O) groups is 1. The third-order valence-electron chi connectivity index (χ3n) is 1.83. The molecule has 1 heteroatoms. The highest BCUT2D eigenvalue weighted by Gasteiger charge is 2.03. The molecule has 0 bridgehead atoms. The Kier molecular flexibility index (Phi) is 4.84. The van der Waals surface area contributed by atoms with Crippen LogP contribution in [0.3, 0.4) is 0 Å². The molecule has 11 heavy (non-hydrogen) atoms. The van der Waals surface area contributed by atoms with E-state index in [1.165, 1.54) is 0 Å². The van der Waals surface area contributed by atoms with E-state index in [1.807, 2.05) is 0 Å². The number of hydrogen-bond donors (Lipinski definition) is 0. The molecule has 0 N–H and O–H groups in total. The third-order valence-corrected chi connectivity index (χ3v) is 1.83. The molecule has 1 nitrogen and oxygen atoms in total. The first-order chi connectivity index (χ1) is 5.06. The van der Waals surface area contributed by atoms with E-state index in [9.17, 15) is 4.79 Å². The topological polar surface area (TPSA) is 17.1 Å². The molecule has 0 radical (unpaired) electrons. The minimum Gasteiger partial charge on any atom is -0.300 e. The zero-order valence-electron chi connectivity index (χ0n) is 7.81. The summed E-state index contributed by atoms with van der Waals surface area (Å²) in [5.74, 6) is 0.889. The largest absolute Gasteiger partial charge is 0.300 e. The molecule has 0 aliphatic heterocycles. The van der Waals surface area contributed by atoms with Crippen LogP contribution in [0.5, 0.6) is 0 Å². The van der Waals surface area contributed by atoms with Crippen LogP contribution >= 0.6 is 0 Å². The van der Waals surface area contributed by atoms with Crippen molar-refractivity contribution in [3.8, 4) is 0 Å². The summed E-state index contributed by atoms with van der Waals surface area (Å²) in [6.45, 7) is 9.82. The van der Waals surface area contributed by atoms with Crippen molar-refractivity contribution >= 4 is 5.78 Å². The second-order valence-electron chi connectivity index (χ2n) is 3.35. The normalized spacial score (nSPS) is 12.6. The van der Waals surface area contributed by atoms with Crippen molar-refractivity contribution in [3.63, 3.8) is 0 Å². The van der Waals surface area contributed by atoms with Gasteiger partial charge in [0, 0.05) is 6.42 Å². The molecule has 1 atom stereocenters.